The van der Waals surface area contributed by atoms with Crippen LogP contribution in [0.4, 0.5) is 4.39 Å². The first kappa shape index (κ1) is 25.6. The Labute approximate surface area is 221 Å². The van der Waals surface area contributed by atoms with Crippen LogP contribution in [0, 0.1) is 18.2 Å². The monoisotopic (exact) mass is 518 g/mol. The molecule has 7 nitrogen and oxygen atoms in total. The van der Waals surface area contributed by atoms with Gasteiger partial charge in [-0.3, -0.25) is 9.59 Å². The normalized spacial score (nSPS) is 16.2. The highest BCUT2D eigenvalue weighted by Crippen LogP contribution is 2.41. The van der Waals surface area contributed by atoms with Gasteiger partial charge >= 0.3 is 0 Å². The minimum Gasteiger partial charge on any atom is -0.505 e. The highest BCUT2D eigenvalue weighted by atomic mass is 19.1. The molecule has 3 aromatic rings. The fraction of sp³-hybridized carbons (Fsp3) is 0.333. The fourth-order valence-electron chi connectivity index (χ4n) is 5.44. The average molecular weight is 519 g/mol. The van der Waals surface area contributed by atoms with Crippen molar-refractivity contribution in [3.05, 3.63) is 88.7 Å². The molecule has 2 saturated heterocycles. The van der Waals surface area contributed by atoms with Crippen LogP contribution in [0.2, 0.25) is 0 Å². The third kappa shape index (κ3) is 5.03. The molecule has 1 N–H and O–H groups in total. The zero-order chi connectivity index (χ0) is 26.9. The van der Waals surface area contributed by atoms with Gasteiger partial charge in [-0.2, -0.15) is 0 Å². The van der Waals surface area contributed by atoms with Gasteiger partial charge in [-0.05, 0) is 61.2 Å². The van der Waals surface area contributed by atoms with Crippen LogP contribution in [0.5, 0.6) is 17.2 Å². The first-order chi connectivity index (χ1) is 18.3. The Morgan fingerprint density at radius 2 is 1.71 bits per heavy atom. The van der Waals surface area contributed by atoms with Crippen molar-refractivity contribution in [1.29, 1.82) is 0 Å². The van der Waals surface area contributed by atoms with Crippen LogP contribution in [0.25, 0.3) is 0 Å². The summed E-state index contributed by atoms with van der Waals surface area (Å²) in [5, 5.41) is 9.44. The quantitative estimate of drug-likeness (QED) is 0.507. The number of piperidine rings is 1. The average Bonchev–Trinajstić information content (AvgIpc) is 2.92. The van der Waals surface area contributed by atoms with Gasteiger partial charge in [-0.25, -0.2) is 4.39 Å². The van der Waals surface area contributed by atoms with E-state index in [4.69, 9.17) is 9.47 Å². The number of hydrogen-bond donors (Lipinski definition) is 1. The Bertz CT molecular complexity index is 1350. The van der Waals surface area contributed by atoms with Crippen molar-refractivity contribution >= 4 is 11.8 Å². The van der Waals surface area contributed by atoms with Gasteiger partial charge in [0.15, 0.2) is 23.1 Å². The number of aromatic hydroxyl groups is 1. The molecule has 2 heterocycles. The lowest BCUT2D eigenvalue weighted by molar-refractivity contribution is -0.0338. The molecule has 2 amide bonds. The van der Waals surface area contributed by atoms with E-state index in [1.807, 2.05) is 48.2 Å². The molecule has 0 radical (unpaired) electrons. The molecule has 0 aromatic heterocycles. The van der Waals surface area contributed by atoms with E-state index in [2.05, 4.69) is 0 Å². The van der Waals surface area contributed by atoms with E-state index in [-0.39, 0.29) is 22.8 Å². The van der Waals surface area contributed by atoms with Crippen molar-refractivity contribution in [2.24, 2.45) is 5.41 Å². The molecule has 2 aliphatic rings. The van der Waals surface area contributed by atoms with Crippen LogP contribution >= 0.6 is 0 Å². The number of aryl methyl sites for hydroxylation is 1. The van der Waals surface area contributed by atoms with Crippen LogP contribution in [0.3, 0.4) is 0 Å². The van der Waals surface area contributed by atoms with E-state index in [1.165, 1.54) is 12.1 Å². The van der Waals surface area contributed by atoms with Crippen LogP contribution in [0.1, 0.15) is 44.7 Å². The van der Waals surface area contributed by atoms with Gasteiger partial charge in [0.1, 0.15) is 6.61 Å². The van der Waals surface area contributed by atoms with Gasteiger partial charge in [-0.1, -0.05) is 30.3 Å². The second-order valence-electron chi connectivity index (χ2n) is 10.2. The van der Waals surface area contributed by atoms with Gasteiger partial charge in [0, 0.05) is 42.7 Å². The van der Waals surface area contributed by atoms with Crippen molar-refractivity contribution in [2.45, 2.75) is 26.4 Å². The number of amides is 2. The molecule has 198 valence electrons. The summed E-state index contributed by atoms with van der Waals surface area (Å²) in [5.74, 6) is -0.557. The number of carbonyl (C=O) groups is 2. The van der Waals surface area contributed by atoms with E-state index < -0.39 is 11.6 Å². The van der Waals surface area contributed by atoms with Crippen molar-refractivity contribution in [2.75, 3.05) is 33.3 Å². The minimum atomic E-state index is -0.815. The summed E-state index contributed by atoms with van der Waals surface area (Å²) < 4.78 is 25.3. The summed E-state index contributed by atoms with van der Waals surface area (Å²) in [4.78, 5) is 30.0. The number of phenolic OH excluding ortho intramolecular Hbond substituents is 1. The number of rotatable bonds is 6. The lowest BCUT2D eigenvalue weighted by Crippen LogP contribution is -2.64. The molecular formula is C30H31FN2O5. The molecule has 0 bridgehead atoms. The zero-order valence-corrected chi connectivity index (χ0v) is 21.6. The van der Waals surface area contributed by atoms with Crippen LogP contribution in [-0.4, -0.2) is 60.0 Å². The van der Waals surface area contributed by atoms with E-state index in [0.717, 1.165) is 30.0 Å². The molecule has 38 heavy (non-hydrogen) atoms. The predicted molar refractivity (Wildman–Crippen MR) is 140 cm³/mol. The summed E-state index contributed by atoms with van der Waals surface area (Å²) in [7, 11) is 1.58. The summed E-state index contributed by atoms with van der Waals surface area (Å²) >= 11 is 0. The van der Waals surface area contributed by atoms with Gasteiger partial charge < -0.3 is 24.4 Å². The number of phenols is 1. The summed E-state index contributed by atoms with van der Waals surface area (Å²) in [6, 6.07) is 17.1. The van der Waals surface area contributed by atoms with E-state index in [1.54, 1.807) is 18.1 Å². The maximum atomic E-state index is 13.8. The van der Waals surface area contributed by atoms with E-state index >= 15 is 0 Å². The van der Waals surface area contributed by atoms with Crippen LogP contribution < -0.4 is 9.47 Å². The van der Waals surface area contributed by atoms with E-state index in [9.17, 15) is 19.1 Å². The Balaban J connectivity index is 1.26. The second-order valence-corrected chi connectivity index (χ2v) is 10.2. The second kappa shape index (κ2) is 10.4. The molecule has 0 atom stereocenters. The Morgan fingerprint density at radius 3 is 2.42 bits per heavy atom. The largest absolute Gasteiger partial charge is 0.505 e. The smallest absolute Gasteiger partial charge is 0.254 e. The topological polar surface area (TPSA) is 79.3 Å². The summed E-state index contributed by atoms with van der Waals surface area (Å²) in [6.45, 7) is 4.41. The minimum absolute atomic E-state index is 0.0793. The highest BCUT2D eigenvalue weighted by Gasteiger charge is 2.48. The molecular weight excluding hydrogens is 487 g/mol. The van der Waals surface area contributed by atoms with Crippen molar-refractivity contribution in [1.82, 2.24) is 9.80 Å². The Kier molecular flexibility index (Phi) is 6.97. The number of carbonyl (C=O) groups excluding carboxylic acids is 2. The third-order valence-corrected chi connectivity index (χ3v) is 7.46. The van der Waals surface area contributed by atoms with Gasteiger partial charge in [-0.15, -0.1) is 0 Å². The molecule has 0 saturated carbocycles. The van der Waals surface area contributed by atoms with Gasteiger partial charge in [0.2, 0.25) is 0 Å². The number of methoxy groups -OCH3 is 1. The standard InChI is InChI=1S/C30H31FN2O5/c1-20-13-26(37-2)27(38-16-21-7-4-3-5-8-21)15-23(20)29(36)33-18-30(19-33)11-6-12-32(17-30)28(35)22-9-10-25(34)24(31)14-22/h3-5,7-10,13-15,34H,6,11-12,16-19H2,1-2H3. The number of nitrogens with zero attached hydrogens (tertiary/aromatic N) is 2. The first-order valence-electron chi connectivity index (χ1n) is 12.7. The highest BCUT2D eigenvalue weighted by molar-refractivity contribution is 5.97. The molecule has 0 unspecified atom stereocenters. The SMILES string of the molecule is COc1cc(C)c(C(=O)N2CC3(CCCN(C(=O)c4ccc(O)c(F)c4)C3)C2)cc1OCc1ccccc1. The lowest BCUT2D eigenvalue weighted by Gasteiger charge is -2.54. The lowest BCUT2D eigenvalue weighted by atomic mass is 9.73. The van der Waals surface area contributed by atoms with Crippen molar-refractivity contribution in [3.8, 4) is 17.2 Å². The number of hydrogen-bond acceptors (Lipinski definition) is 5. The fourth-order valence-corrected chi connectivity index (χ4v) is 5.44. The molecule has 1 spiro atoms. The number of ether oxygens (including phenoxy) is 2. The zero-order valence-electron chi connectivity index (χ0n) is 21.6. The van der Waals surface area contributed by atoms with Crippen LogP contribution in [0.15, 0.2) is 60.7 Å². The molecule has 3 aromatic carbocycles. The van der Waals surface area contributed by atoms with Crippen molar-refractivity contribution in [3.63, 3.8) is 0 Å². The van der Waals surface area contributed by atoms with Crippen molar-refractivity contribution < 1.29 is 28.6 Å². The maximum absolute atomic E-state index is 13.8. The summed E-state index contributed by atoms with van der Waals surface area (Å²) in [5.41, 5.74) is 2.41. The Hall–Kier alpha value is -4.07. The molecule has 8 heteroatoms. The van der Waals surface area contributed by atoms with E-state index in [0.29, 0.717) is 49.8 Å². The van der Waals surface area contributed by atoms with Gasteiger partial charge in [0.05, 0.1) is 7.11 Å². The number of halogens is 1. The number of benzene rings is 3. The molecule has 0 aliphatic carbocycles. The number of likely N-dealkylation sites (tertiary alicyclic amines) is 2. The molecule has 2 aliphatic heterocycles. The van der Waals surface area contributed by atoms with Gasteiger partial charge in [0.25, 0.3) is 11.8 Å². The Morgan fingerprint density at radius 1 is 0.974 bits per heavy atom. The molecule has 2 fully saturated rings. The third-order valence-electron chi connectivity index (χ3n) is 7.46. The van der Waals surface area contributed by atoms with Crippen LogP contribution in [-0.2, 0) is 6.61 Å². The first-order valence-corrected chi connectivity index (χ1v) is 12.7. The molecule has 5 rings (SSSR count). The maximum Gasteiger partial charge on any atom is 0.254 e. The summed E-state index contributed by atoms with van der Waals surface area (Å²) in [6.07, 6.45) is 1.73. The predicted octanol–water partition coefficient (Wildman–Crippen LogP) is 4.81.